The molecule has 2 heterocycles. The highest BCUT2D eigenvalue weighted by Gasteiger charge is 2.33. The summed E-state index contributed by atoms with van der Waals surface area (Å²) < 4.78 is 27.1. The second-order valence-corrected chi connectivity index (χ2v) is 9.85. The molecule has 2 saturated heterocycles. The SMILES string of the molecule is O=C(NCCCN1CCCCCC1)[C@H]1CCCN(S(=O)(=O)c2ccccc2)C1. The Morgan fingerprint density at radius 3 is 2.43 bits per heavy atom. The molecule has 7 heteroatoms. The lowest BCUT2D eigenvalue weighted by atomic mass is 9.99. The highest BCUT2D eigenvalue weighted by atomic mass is 32.2. The fourth-order valence-corrected chi connectivity index (χ4v) is 5.68. The highest BCUT2D eigenvalue weighted by molar-refractivity contribution is 7.89. The van der Waals surface area contributed by atoms with Gasteiger partial charge in [0, 0.05) is 19.6 Å². The molecular formula is C21H33N3O3S. The lowest BCUT2D eigenvalue weighted by Crippen LogP contribution is -2.45. The first-order chi connectivity index (χ1) is 13.6. The van der Waals surface area contributed by atoms with Gasteiger partial charge >= 0.3 is 0 Å². The summed E-state index contributed by atoms with van der Waals surface area (Å²) in [6.45, 7) is 4.79. The van der Waals surface area contributed by atoms with Gasteiger partial charge in [-0.3, -0.25) is 4.79 Å². The average Bonchev–Trinajstić information content (AvgIpc) is 3.00. The second-order valence-electron chi connectivity index (χ2n) is 7.92. The Labute approximate surface area is 169 Å². The van der Waals surface area contributed by atoms with Crippen LogP contribution in [0.1, 0.15) is 44.9 Å². The van der Waals surface area contributed by atoms with E-state index in [1.54, 1.807) is 30.3 Å². The summed E-state index contributed by atoms with van der Waals surface area (Å²) in [5.41, 5.74) is 0. The number of amides is 1. The first-order valence-corrected chi connectivity index (χ1v) is 12.1. The number of hydrogen-bond acceptors (Lipinski definition) is 4. The second kappa shape index (κ2) is 10.4. The number of nitrogens with one attached hydrogen (secondary N) is 1. The summed E-state index contributed by atoms with van der Waals surface area (Å²) in [7, 11) is -3.52. The highest BCUT2D eigenvalue weighted by Crippen LogP contribution is 2.23. The number of carbonyl (C=O) groups is 1. The van der Waals surface area contributed by atoms with E-state index in [1.165, 1.54) is 43.1 Å². The van der Waals surface area contributed by atoms with E-state index in [0.29, 0.717) is 18.0 Å². The van der Waals surface area contributed by atoms with E-state index in [9.17, 15) is 13.2 Å². The van der Waals surface area contributed by atoms with Gasteiger partial charge in [-0.05, 0) is 63.9 Å². The molecule has 1 atom stereocenters. The van der Waals surface area contributed by atoms with Crippen molar-refractivity contribution in [3.8, 4) is 0 Å². The standard InChI is InChI=1S/C21H33N3O3S/c25-21(22-13-9-16-23-14-6-1-2-7-15-23)19-10-8-17-24(18-19)28(26,27)20-11-4-3-5-12-20/h3-5,11-12,19H,1-2,6-10,13-18H2,(H,22,25)/t19-/m0/s1. The van der Waals surface area contributed by atoms with Crippen LogP contribution in [-0.2, 0) is 14.8 Å². The first-order valence-electron chi connectivity index (χ1n) is 10.6. The molecule has 0 aromatic heterocycles. The van der Waals surface area contributed by atoms with E-state index in [0.717, 1.165) is 25.8 Å². The maximum absolute atomic E-state index is 12.8. The van der Waals surface area contributed by atoms with Crippen molar-refractivity contribution in [3.05, 3.63) is 30.3 Å². The van der Waals surface area contributed by atoms with Crippen LogP contribution >= 0.6 is 0 Å². The molecule has 2 fully saturated rings. The van der Waals surface area contributed by atoms with Crippen LogP contribution in [0.25, 0.3) is 0 Å². The predicted octanol–water partition coefficient (Wildman–Crippen LogP) is 2.47. The van der Waals surface area contributed by atoms with Gasteiger partial charge in [0.1, 0.15) is 0 Å². The van der Waals surface area contributed by atoms with Crippen molar-refractivity contribution in [3.63, 3.8) is 0 Å². The Balaban J connectivity index is 1.45. The molecule has 0 spiro atoms. The summed E-state index contributed by atoms with van der Waals surface area (Å²) in [5, 5.41) is 3.03. The largest absolute Gasteiger partial charge is 0.356 e. The van der Waals surface area contributed by atoms with Crippen LogP contribution in [0.5, 0.6) is 0 Å². The topological polar surface area (TPSA) is 69.7 Å². The molecule has 2 aliphatic heterocycles. The normalized spacial score (nSPS) is 22.5. The maximum Gasteiger partial charge on any atom is 0.243 e. The lowest BCUT2D eigenvalue weighted by molar-refractivity contribution is -0.126. The van der Waals surface area contributed by atoms with Gasteiger partial charge in [0.15, 0.2) is 0 Å². The number of hydrogen-bond donors (Lipinski definition) is 1. The van der Waals surface area contributed by atoms with Gasteiger partial charge in [-0.1, -0.05) is 31.0 Å². The third kappa shape index (κ3) is 5.78. The van der Waals surface area contributed by atoms with Gasteiger partial charge in [-0.25, -0.2) is 8.42 Å². The minimum Gasteiger partial charge on any atom is -0.356 e. The van der Waals surface area contributed by atoms with Gasteiger partial charge < -0.3 is 10.2 Å². The Kier molecular flexibility index (Phi) is 7.88. The predicted molar refractivity (Wildman–Crippen MR) is 110 cm³/mol. The molecule has 28 heavy (non-hydrogen) atoms. The quantitative estimate of drug-likeness (QED) is 0.705. The number of nitrogens with zero attached hydrogens (tertiary/aromatic N) is 2. The zero-order valence-electron chi connectivity index (χ0n) is 16.7. The fraction of sp³-hybridized carbons (Fsp3) is 0.667. The summed E-state index contributed by atoms with van der Waals surface area (Å²) in [4.78, 5) is 15.4. The lowest BCUT2D eigenvalue weighted by Gasteiger charge is -2.31. The number of sulfonamides is 1. The average molecular weight is 408 g/mol. The Bertz CT molecular complexity index is 716. The number of benzene rings is 1. The monoisotopic (exact) mass is 407 g/mol. The minimum atomic E-state index is -3.52. The van der Waals surface area contributed by atoms with Gasteiger partial charge in [-0.15, -0.1) is 0 Å². The molecule has 1 aromatic rings. The number of piperidine rings is 1. The van der Waals surface area contributed by atoms with Crippen LogP contribution in [-0.4, -0.2) is 62.8 Å². The molecule has 0 bridgehead atoms. The molecule has 0 saturated carbocycles. The van der Waals surface area contributed by atoms with Crippen LogP contribution in [0.3, 0.4) is 0 Å². The van der Waals surface area contributed by atoms with E-state index >= 15 is 0 Å². The molecule has 0 radical (unpaired) electrons. The molecule has 1 aromatic carbocycles. The Hall–Kier alpha value is -1.44. The molecule has 0 aliphatic carbocycles. The molecular weight excluding hydrogens is 374 g/mol. The zero-order chi connectivity index (χ0) is 19.8. The van der Waals surface area contributed by atoms with Crippen LogP contribution < -0.4 is 5.32 Å². The molecule has 156 valence electrons. The van der Waals surface area contributed by atoms with Crippen LogP contribution in [0.4, 0.5) is 0 Å². The smallest absolute Gasteiger partial charge is 0.243 e. The van der Waals surface area contributed by atoms with Crippen molar-refractivity contribution in [2.75, 3.05) is 39.3 Å². The van der Waals surface area contributed by atoms with Crippen molar-refractivity contribution in [2.45, 2.75) is 49.8 Å². The van der Waals surface area contributed by atoms with E-state index in [2.05, 4.69) is 10.2 Å². The number of rotatable bonds is 7. The van der Waals surface area contributed by atoms with Crippen molar-refractivity contribution in [1.82, 2.24) is 14.5 Å². The molecule has 3 rings (SSSR count). The van der Waals surface area contributed by atoms with Crippen molar-refractivity contribution in [2.24, 2.45) is 5.92 Å². The van der Waals surface area contributed by atoms with E-state index in [1.807, 2.05) is 0 Å². The van der Waals surface area contributed by atoms with E-state index < -0.39 is 10.0 Å². The van der Waals surface area contributed by atoms with Crippen LogP contribution in [0.15, 0.2) is 35.2 Å². The van der Waals surface area contributed by atoms with Gasteiger partial charge in [0.05, 0.1) is 10.8 Å². The maximum atomic E-state index is 12.8. The van der Waals surface area contributed by atoms with Crippen LogP contribution in [0.2, 0.25) is 0 Å². The Morgan fingerprint density at radius 1 is 1.00 bits per heavy atom. The molecule has 2 aliphatic rings. The summed E-state index contributed by atoms with van der Waals surface area (Å²) in [6.07, 6.45) is 7.64. The van der Waals surface area contributed by atoms with E-state index in [-0.39, 0.29) is 18.4 Å². The molecule has 1 amide bonds. The zero-order valence-corrected chi connectivity index (χ0v) is 17.5. The number of likely N-dealkylation sites (tertiary alicyclic amines) is 1. The third-order valence-corrected chi connectivity index (χ3v) is 7.66. The van der Waals surface area contributed by atoms with Gasteiger partial charge in [0.2, 0.25) is 15.9 Å². The van der Waals surface area contributed by atoms with Crippen molar-refractivity contribution >= 4 is 15.9 Å². The minimum absolute atomic E-state index is 0.0103. The van der Waals surface area contributed by atoms with Gasteiger partial charge in [-0.2, -0.15) is 4.31 Å². The van der Waals surface area contributed by atoms with E-state index in [4.69, 9.17) is 0 Å². The third-order valence-electron chi connectivity index (χ3n) is 5.78. The molecule has 6 nitrogen and oxygen atoms in total. The van der Waals surface area contributed by atoms with Crippen molar-refractivity contribution in [1.29, 1.82) is 0 Å². The molecule has 0 unspecified atom stereocenters. The van der Waals surface area contributed by atoms with Crippen molar-refractivity contribution < 1.29 is 13.2 Å². The summed E-state index contributed by atoms with van der Waals surface area (Å²) >= 11 is 0. The fourth-order valence-electron chi connectivity index (χ4n) is 4.13. The summed E-state index contributed by atoms with van der Waals surface area (Å²) in [5.74, 6) is -0.269. The first kappa shape index (κ1) is 21.3. The Morgan fingerprint density at radius 2 is 1.71 bits per heavy atom. The summed E-state index contributed by atoms with van der Waals surface area (Å²) in [6, 6.07) is 8.48. The molecule has 1 N–H and O–H groups in total. The van der Waals surface area contributed by atoms with Crippen LogP contribution in [0, 0.1) is 5.92 Å². The number of carbonyl (C=O) groups excluding carboxylic acids is 1. The van der Waals surface area contributed by atoms with Gasteiger partial charge in [0.25, 0.3) is 0 Å².